The summed E-state index contributed by atoms with van der Waals surface area (Å²) in [6.07, 6.45) is 4.32. The highest BCUT2D eigenvalue weighted by atomic mass is 35.5. The summed E-state index contributed by atoms with van der Waals surface area (Å²) in [4.78, 5) is 10.00. The molecular weight excluding hydrogens is 551 g/mol. The summed E-state index contributed by atoms with van der Waals surface area (Å²) in [5.74, 6) is -0.0964. The Kier molecular flexibility index (Phi) is 7.94. The number of aromatic nitrogens is 2. The van der Waals surface area contributed by atoms with Gasteiger partial charge in [0.1, 0.15) is 4.90 Å². The molecule has 2 aromatic carbocycles. The second-order valence-corrected chi connectivity index (χ2v) is 13.4. The lowest BCUT2D eigenvalue weighted by Gasteiger charge is -2.25. The molecule has 0 aliphatic carbocycles. The van der Waals surface area contributed by atoms with E-state index in [1.54, 1.807) is 31.2 Å². The van der Waals surface area contributed by atoms with Crippen LogP contribution in [0, 0.1) is 6.92 Å². The highest BCUT2D eigenvalue weighted by Crippen LogP contribution is 2.32. The van der Waals surface area contributed by atoms with Crippen molar-refractivity contribution in [1.82, 2.24) is 14.3 Å². The van der Waals surface area contributed by atoms with Gasteiger partial charge in [-0.05, 0) is 62.2 Å². The Morgan fingerprint density at radius 2 is 1.66 bits per heavy atom. The van der Waals surface area contributed by atoms with E-state index < -0.39 is 20.0 Å². The van der Waals surface area contributed by atoms with Crippen molar-refractivity contribution in [3.05, 3.63) is 64.4 Å². The number of benzene rings is 2. The minimum absolute atomic E-state index is 0.0142. The van der Waals surface area contributed by atoms with Crippen LogP contribution in [0.15, 0.2) is 68.2 Å². The van der Waals surface area contributed by atoms with Crippen molar-refractivity contribution in [3.63, 3.8) is 0 Å². The maximum absolute atomic E-state index is 12.8. The average Bonchev–Trinajstić information content (AvgIpc) is 2.81. The van der Waals surface area contributed by atoms with Crippen molar-refractivity contribution in [2.75, 3.05) is 17.8 Å². The number of piperidine rings is 1. The summed E-state index contributed by atoms with van der Waals surface area (Å²) in [7, 11) is -7.50. The van der Waals surface area contributed by atoms with E-state index in [0.29, 0.717) is 28.7 Å². The largest absolute Gasteiger partial charge is 0.265 e. The van der Waals surface area contributed by atoms with E-state index in [1.165, 1.54) is 40.5 Å². The molecule has 186 valence electrons. The van der Waals surface area contributed by atoms with Crippen molar-refractivity contribution >= 4 is 61.0 Å². The molecule has 0 spiro atoms. The topological polar surface area (TPSA) is 109 Å². The van der Waals surface area contributed by atoms with Crippen LogP contribution in [0.5, 0.6) is 0 Å². The smallest absolute Gasteiger partial charge is 0.247 e. The molecule has 3 aromatic rings. The Hall–Kier alpha value is -1.89. The van der Waals surface area contributed by atoms with Gasteiger partial charge in [-0.2, -0.15) is 4.31 Å². The third kappa shape index (κ3) is 6.10. The van der Waals surface area contributed by atoms with Gasteiger partial charge < -0.3 is 0 Å². The lowest BCUT2D eigenvalue weighted by molar-refractivity contribution is 0.346. The number of hydrogen-bond donors (Lipinski definition) is 1. The highest BCUT2D eigenvalue weighted by molar-refractivity contribution is 7.99. The second-order valence-electron chi connectivity index (χ2n) is 7.86. The molecule has 0 unspecified atom stereocenters. The zero-order valence-corrected chi connectivity index (χ0v) is 22.6. The summed E-state index contributed by atoms with van der Waals surface area (Å²) in [5.41, 5.74) is 0.551. The Bertz CT molecular complexity index is 1440. The molecule has 0 saturated carbocycles. The van der Waals surface area contributed by atoms with Gasteiger partial charge in [-0.3, -0.25) is 0 Å². The van der Waals surface area contributed by atoms with Crippen molar-refractivity contribution in [1.29, 1.82) is 0 Å². The normalized spacial score (nSPS) is 15.2. The first-order chi connectivity index (χ1) is 16.6. The van der Waals surface area contributed by atoms with Crippen molar-refractivity contribution in [2.24, 2.45) is 0 Å². The monoisotopic (exact) mass is 572 g/mol. The molecule has 1 fully saturated rings. The van der Waals surface area contributed by atoms with Crippen LogP contribution >= 0.6 is 35.0 Å². The van der Waals surface area contributed by atoms with Gasteiger partial charge in [-0.25, -0.2) is 31.5 Å². The summed E-state index contributed by atoms with van der Waals surface area (Å²) in [5, 5.41) is 0.305. The molecule has 1 aliphatic rings. The molecule has 4 rings (SSSR count). The summed E-state index contributed by atoms with van der Waals surface area (Å²) in [6.45, 7) is 2.83. The number of rotatable bonds is 7. The zero-order valence-electron chi connectivity index (χ0n) is 18.6. The number of anilines is 1. The Labute approximate surface area is 219 Å². The Balaban J connectivity index is 1.47. The number of hydrogen-bond acceptors (Lipinski definition) is 7. The fraction of sp³-hybridized carbons (Fsp3) is 0.273. The van der Waals surface area contributed by atoms with Crippen molar-refractivity contribution in [3.8, 4) is 0 Å². The predicted octanol–water partition coefficient (Wildman–Crippen LogP) is 5.22. The molecule has 0 amide bonds. The molecule has 35 heavy (non-hydrogen) atoms. The first kappa shape index (κ1) is 26.2. The van der Waals surface area contributed by atoms with E-state index >= 15 is 0 Å². The van der Waals surface area contributed by atoms with Crippen LogP contribution in [-0.2, 0) is 20.0 Å². The van der Waals surface area contributed by atoms with Gasteiger partial charge >= 0.3 is 0 Å². The maximum Gasteiger partial charge on any atom is 0.265 e. The van der Waals surface area contributed by atoms with E-state index in [9.17, 15) is 16.8 Å². The van der Waals surface area contributed by atoms with E-state index in [2.05, 4.69) is 14.7 Å². The van der Waals surface area contributed by atoms with Crippen molar-refractivity contribution < 1.29 is 16.8 Å². The average molecular weight is 574 g/mol. The van der Waals surface area contributed by atoms with Crippen LogP contribution in [-0.4, -0.2) is 44.2 Å². The molecule has 0 radical (unpaired) electrons. The van der Waals surface area contributed by atoms with Gasteiger partial charge in [0.15, 0.2) is 0 Å². The molecule has 8 nitrogen and oxygen atoms in total. The van der Waals surface area contributed by atoms with Gasteiger partial charge in [0, 0.05) is 29.2 Å². The van der Waals surface area contributed by atoms with Gasteiger partial charge in [0.05, 0.1) is 20.5 Å². The van der Waals surface area contributed by atoms with E-state index in [4.69, 9.17) is 23.2 Å². The Morgan fingerprint density at radius 3 is 2.29 bits per heavy atom. The van der Waals surface area contributed by atoms with Gasteiger partial charge in [-0.15, -0.1) is 0 Å². The van der Waals surface area contributed by atoms with Crippen LogP contribution in [0.3, 0.4) is 0 Å². The van der Waals surface area contributed by atoms with Crippen LogP contribution in [0.2, 0.25) is 10.0 Å². The molecule has 1 saturated heterocycles. The van der Waals surface area contributed by atoms with Crippen LogP contribution < -0.4 is 4.72 Å². The van der Waals surface area contributed by atoms with Gasteiger partial charge in [0.2, 0.25) is 16.0 Å². The lowest BCUT2D eigenvalue weighted by Crippen LogP contribution is -2.35. The molecule has 2 heterocycles. The fourth-order valence-electron chi connectivity index (χ4n) is 3.53. The summed E-state index contributed by atoms with van der Waals surface area (Å²) >= 11 is 13.2. The number of sulfonamides is 2. The Morgan fingerprint density at radius 1 is 0.971 bits per heavy atom. The summed E-state index contributed by atoms with van der Waals surface area (Å²) < 4.78 is 54.9. The van der Waals surface area contributed by atoms with Crippen LogP contribution in [0.4, 0.5) is 5.95 Å². The van der Waals surface area contributed by atoms with E-state index in [0.717, 1.165) is 24.2 Å². The van der Waals surface area contributed by atoms with Gasteiger partial charge in [-0.1, -0.05) is 41.4 Å². The van der Waals surface area contributed by atoms with E-state index in [-0.39, 0.29) is 20.8 Å². The minimum Gasteiger partial charge on any atom is -0.247 e. The van der Waals surface area contributed by atoms with Crippen molar-refractivity contribution in [2.45, 2.75) is 45.8 Å². The van der Waals surface area contributed by atoms with Crippen LogP contribution in [0.25, 0.3) is 0 Å². The highest BCUT2D eigenvalue weighted by Gasteiger charge is 2.26. The number of nitrogens with one attached hydrogen (secondary N) is 1. The summed E-state index contributed by atoms with van der Waals surface area (Å²) in [6, 6.07) is 10.7. The molecule has 13 heteroatoms. The SMILES string of the molecule is Cc1nc(NS(=O)(=O)c2ccc(Cl)cc2Cl)ncc1Sc1ccc(S(=O)(=O)N2CCCCC2)cc1. The molecular formula is C22H22Cl2N4O4S3. The number of nitrogens with zero attached hydrogens (tertiary/aromatic N) is 3. The zero-order chi connectivity index (χ0) is 25.2. The fourth-order valence-corrected chi connectivity index (χ4v) is 7.60. The molecule has 0 atom stereocenters. The van der Waals surface area contributed by atoms with Gasteiger partial charge in [0.25, 0.3) is 10.0 Å². The minimum atomic E-state index is -4.01. The second kappa shape index (κ2) is 10.6. The molecule has 0 bridgehead atoms. The molecule has 1 N–H and O–H groups in total. The maximum atomic E-state index is 12.8. The lowest BCUT2D eigenvalue weighted by atomic mass is 10.2. The number of halogens is 2. The third-order valence-electron chi connectivity index (χ3n) is 5.35. The molecule has 1 aromatic heterocycles. The number of aryl methyl sites for hydroxylation is 1. The standard InChI is InChI=1S/C22H22Cl2N4O4S3/c1-15-20(14-25-22(26-15)27-34(29,30)21-10-5-16(23)13-19(21)24)33-17-6-8-18(9-7-17)35(31,32)28-11-3-2-4-12-28/h5-10,13-14H,2-4,11-12H2,1H3,(H,25,26,27). The third-order valence-corrected chi connectivity index (χ3v) is 10.4. The van der Waals surface area contributed by atoms with E-state index in [1.807, 2.05) is 0 Å². The quantitative estimate of drug-likeness (QED) is 0.413. The first-order valence-corrected chi connectivity index (χ1v) is 15.2. The molecule has 1 aliphatic heterocycles. The van der Waals surface area contributed by atoms with Crippen LogP contribution in [0.1, 0.15) is 25.0 Å². The predicted molar refractivity (Wildman–Crippen MR) is 137 cm³/mol. The first-order valence-electron chi connectivity index (χ1n) is 10.7.